The van der Waals surface area contributed by atoms with E-state index >= 15 is 0 Å². The van der Waals surface area contributed by atoms with Crippen molar-refractivity contribution in [1.82, 2.24) is 0 Å². The first-order valence-electron chi connectivity index (χ1n) is 9.26. The van der Waals surface area contributed by atoms with Gasteiger partial charge >= 0.3 is 5.97 Å². The van der Waals surface area contributed by atoms with Crippen LogP contribution in [0.3, 0.4) is 0 Å². The highest BCUT2D eigenvalue weighted by Gasteiger charge is 2.27. The number of carbonyl (C=O) groups is 1. The lowest BCUT2D eigenvalue weighted by molar-refractivity contribution is -0.137. The maximum Gasteiger partial charge on any atom is 0.303 e. The van der Waals surface area contributed by atoms with Crippen LogP contribution in [0.15, 0.2) is 12.2 Å². The minimum absolute atomic E-state index is 0.158. The molecule has 0 aromatic rings. The van der Waals surface area contributed by atoms with Crippen LogP contribution in [0.1, 0.15) is 71.1 Å². The Morgan fingerprint density at radius 3 is 2.70 bits per heavy atom. The Bertz CT molecular complexity index is 340. The molecule has 0 spiro atoms. The molecule has 1 saturated heterocycles. The molecule has 1 unspecified atom stereocenters. The molecule has 4 nitrogen and oxygen atoms in total. The number of carboxylic acid groups (broad SMARTS) is 1. The van der Waals surface area contributed by atoms with Gasteiger partial charge < -0.3 is 14.9 Å². The van der Waals surface area contributed by atoms with E-state index in [-0.39, 0.29) is 12.5 Å². The van der Waals surface area contributed by atoms with E-state index in [1.807, 2.05) is 0 Å². The second kappa shape index (κ2) is 12.5. The average molecular weight is 326 g/mol. The van der Waals surface area contributed by atoms with Crippen LogP contribution in [-0.2, 0) is 9.53 Å². The van der Waals surface area contributed by atoms with E-state index in [9.17, 15) is 9.90 Å². The first kappa shape index (κ1) is 20.2. The highest BCUT2D eigenvalue weighted by Crippen LogP contribution is 2.29. The summed E-state index contributed by atoms with van der Waals surface area (Å²) in [4.78, 5) is 10.4. The monoisotopic (exact) mass is 326 g/mol. The SMILES string of the molecule is CCCCCC(O)CC[C@@H]1COC[C@@H]1CC=CCCCC(=O)O. The smallest absolute Gasteiger partial charge is 0.303 e. The lowest BCUT2D eigenvalue weighted by Crippen LogP contribution is -2.15. The van der Waals surface area contributed by atoms with Crippen molar-refractivity contribution in [2.45, 2.75) is 77.2 Å². The maximum absolute atomic E-state index is 10.4. The molecule has 134 valence electrons. The zero-order valence-corrected chi connectivity index (χ0v) is 14.6. The van der Waals surface area contributed by atoms with Gasteiger partial charge in [-0.25, -0.2) is 0 Å². The van der Waals surface area contributed by atoms with Gasteiger partial charge in [-0.1, -0.05) is 38.3 Å². The fourth-order valence-corrected chi connectivity index (χ4v) is 3.16. The van der Waals surface area contributed by atoms with Crippen molar-refractivity contribution in [2.24, 2.45) is 11.8 Å². The Morgan fingerprint density at radius 2 is 1.96 bits per heavy atom. The number of ether oxygens (including phenoxy) is 1. The third kappa shape index (κ3) is 9.77. The first-order chi connectivity index (χ1) is 11.1. The number of aliphatic carboxylic acids is 1. The van der Waals surface area contributed by atoms with Gasteiger partial charge in [0.1, 0.15) is 0 Å². The number of aliphatic hydroxyl groups is 1. The fourth-order valence-electron chi connectivity index (χ4n) is 3.16. The number of allylic oxidation sites excluding steroid dienone is 2. The van der Waals surface area contributed by atoms with Crippen molar-refractivity contribution in [2.75, 3.05) is 13.2 Å². The summed E-state index contributed by atoms with van der Waals surface area (Å²) in [5.41, 5.74) is 0. The van der Waals surface area contributed by atoms with Gasteiger partial charge in [-0.05, 0) is 50.4 Å². The molecule has 23 heavy (non-hydrogen) atoms. The van der Waals surface area contributed by atoms with Crippen LogP contribution in [0.2, 0.25) is 0 Å². The van der Waals surface area contributed by atoms with E-state index in [0.717, 1.165) is 51.7 Å². The minimum Gasteiger partial charge on any atom is -0.481 e. The Balaban J connectivity index is 2.15. The van der Waals surface area contributed by atoms with E-state index in [2.05, 4.69) is 19.1 Å². The van der Waals surface area contributed by atoms with Gasteiger partial charge in [0.2, 0.25) is 0 Å². The largest absolute Gasteiger partial charge is 0.481 e. The van der Waals surface area contributed by atoms with Crippen molar-refractivity contribution < 1.29 is 19.7 Å². The molecule has 0 aliphatic carbocycles. The second-order valence-electron chi connectivity index (χ2n) is 6.78. The van der Waals surface area contributed by atoms with Crippen LogP contribution >= 0.6 is 0 Å². The summed E-state index contributed by atoms with van der Waals surface area (Å²) >= 11 is 0. The zero-order chi connectivity index (χ0) is 16.9. The third-order valence-electron chi connectivity index (χ3n) is 4.71. The third-order valence-corrected chi connectivity index (χ3v) is 4.71. The van der Waals surface area contributed by atoms with Crippen molar-refractivity contribution in [3.05, 3.63) is 12.2 Å². The molecule has 2 N–H and O–H groups in total. The Hall–Kier alpha value is -0.870. The quantitative estimate of drug-likeness (QED) is 0.394. The predicted molar refractivity (Wildman–Crippen MR) is 92.4 cm³/mol. The van der Waals surface area contributed by atoms with E-state index in [4.69, 9.17) is 9.84 Å². The molecule has 1 heterocycles. The molecule has 3 atom stereocenters. The normalized spacial score (nSPS) is 22.7. The Kier molecular flexibility index (Phi) is 11.0. The molecular formula is C19H34O4. The summed E-state index contributed by atoms with van der Waals surface area (Å²) in [5.74, 6) is 0.383. The van der Waals surface area contributed by atoms with E-state index in [0.29, 0.717) is 18.3 Å². The van der Waals surface area contributed by atoms with Crippen molar-refractivity contribution in [3.8, 4) is 0 Å². The summed E-state index contributed by atoms with van der Waals surface area (Å²) in [6, 6.07) is 0. The van der Waals surface area contributed by atoms with E-state index in [1.54, 1.807) is 0 Å². The molecule has 1 aliphatic heterocycles. The Labute approximate surface area is 140 Å². The molecule has 1 fully saturated rings. The molecule has 0 amide bonds. The van der Waals surface area contributed by atoms with E-state index in [1.165, 1.54) is 12.8 Å². The number of hydrogen-bond acceptors (Lipinski definition) is 3. The van der Waals surface area contributed by atoms with Crippen LogP contribution in [0.4, 0.5) is 0 Å². The predicted octanol–water partition coefficient (Wildman–Crippen LogP) is 4.17. The molecule has 0 radical (unpaired) electrons. The standard InChI is InChI=1S/C19H34O4/c1-2-3-6-10-18(20)13-12-17-15-23-14-16(17)9-7-4-5-8-11-19(21)22/h4,7,16-18,20H,2-3,5-6,8-15H2,1H3,(H,21,22)/t16-,17+,18?/m0/s1. The minimum atomic E-state index is -0.722. The summed E-state index contributed by atoms with van der Waals surface area (Å²) < 4.78 is 5.62. The van der Waals surface area contributed by atoms with Gasteiger partial charge in [-0.3, -0.25) is 4.79 Å². The molecular weight excluding hydrogens is 292 g/mol. The van der Waals surface area contributed by atoms with Gasteiger partial charge in [0.25, 0.3) is 0 Å². The highest BCUT2D eigenvalue weighted by atomic mass is 16.5. The molecule has 0 bridgehead atoms. The van der Waals surface area contributed by atoms with Gasteiger partial charge in [0.15, 0.2) is 0 Å². The van der Waals surface area contributed by atoms with Crippen LogP contribution in [0, 0.1) is 11.8 Å². The van der Waals surface area contributed by atoms with Crippen molar-refractivity contribution >= 4 is 5.97 Å². The second-order valence-corrected chi connectivity index (χ2v) is 6.78. The fraction of sp³-hybridized carbons (Fsp3) is 0.842. The molecule has 1 aliphatic rings. The maximum atomic E-state index is 10.4. The number of rotatable bonds is 13. The van der Waals surface area contributed by atoms with Crippen LogP contribution in [-0.4, -0.2) is 35.5 Å². The lowest BCUT2D eigenvalue weighted by Gasteiger charge is -2.18. The molecule has 4 heteroatoms. The van der Waals surface area contributed by atoms with Gasteiger partial charge in [-0.2, -0.15) is 0 Å². The summed E-state index contributed by atoms with van der Waals surface area (Å²) in [6.07, 6.45) is 13.3. The van der Waals surface area contributed by atoms with E-state index < -0.39 is 5.97 Å². The van der Waals surface area contributed by atoms with Crippen LogP contribution in [0.5, 0.6) is 0 Å². The first-order valence-corrected chi connectivity index (χ1v) is 9.26. The van der Waals surface area contributed by atoms with Gasteiger partial charge in [-0.15, -0.1) is 0 Å². The molecule has 1 rings (SSSR count). The summed E-state index contributed by atoms with van der Waals surface area (Å²) in [6.45, 7) is 3.82. The number of unbranched alkanes of at least 4 members (excludes halogenated alkanes) is 3. The number of aliphatic hydroxyl groups excluding tert-OH is 1. The molecule has 0 saturated carbocycles. The number of carboxylic acids is 1. The molecule has 0 aromatic carbocycles. The summed E-state index contributed by atoms with van der Waals surface area (Å²) in [5, 5.41) is 18.6. The van der Waals surface area contributed by atoms with Crippen molar-refractivity contribution in [1.29, 1.82) is 0 Å². The highest BCUT2D eigenvalue weighted by molar-refractivity contribution is 5.66. The zero-order valence-electron chi connectivity index (χ0n) is 14.6. The molecule has 0 aromatic heterocycles. The Morgan fingerprint density at radius 1 is 1.17 bits per heavy atom. The summed E-state index contributed by atoms with van der Waals surface area (Å²) in [7, 11) is 0. The van der Waals surface area contributed by atoms with Gasteiger partial charge in [0, 0.05) is 13.0 Å². The average Bonchev–Trinajstić information content (AvgIpc) is 2.96. The van der Waals surface area contributed by atoms with Crippen molar-refractivity contribution in [3.63, 3.8) is 0 Å². The van der Waals surface area contributed by atoms with Crippen LogP contribution < -0.4 is 0 Å². The van der Waals surface area contributed by atoms with Gasteiger partial charge in [0.05, 0.1) is 12.7 Å². The topological polar surface area (TPSA) is 66.8 Å². The lowest BCUT2D eigenvalue weighted by atomic mass is 9.87. The van der Waals surface area contributed by atoms with Crippen LogP contribution in [0.25, 0.3) is 0 Å². The number of hydrogen-bond donors (Lipinski definition) is 2.